The first-order valence-corrected chi connectivity index (χ1v) is 6.71. The van der Waals surface area contributed by atoms with E-state index in [1.165, 1.54) is 0 Å². The van der Waals surface area contributed by atoms with Gasteiger partial charge in [0.05, 0.1) is 6.61 Å². The number of anilines is 1. The van der Waals surface area contributed by atoms with Gasteiger partial charge in [-0.2, -0.15) is 0 Å². The summed E-state index contributed by atoms with van der Waals surface area (Å²) in [6.07, 6.45) is 0. The Bertz CT molecular complexity index is 396. The molecule has 5 heteroatoms. The molecule has 1 unspecified atom stereocenters. The van der Waals surface area contributed by atoms with Gasteiger partial charge < -0.3 is 10.1 Å². The fourth-order valence-corrected chi connectivity index (χ4v) is 1.65. The first-order chi connectivity index (χ1) is 8.45. The van der Waals surface area contributed by atoms with E-state index in [4.69, 9.17) is 16.3 Å². The standard InChI is InChI=1S/C13H22ClN3O/c1-6-18-7-9(4)15-13-10(5)11(14)16-12(17-13)8(2)3/h8-9H,6-7H2,1-5H3,(H,15,16,17). The third-order valence-corrected chi connectivity index (χ3v) is 2.94. The summed E-state index contributed by atoms with van der Waals surface area (Å²) in [5.74, 6) is 1.81. The molecular weight excluding hydrogens is 250 g/mol. The topological polar surface area (TPSA) is 47.0 Å². The molecule has 18 heavy (non-hydrogen) atoms. The van der Waals surface area contributed by atoms with Gasteiger partial charge in [-0.15, -0.1) is 0 Å². The molecule has 0 spiro atoms. The Morgan fingerprint density at radius 1 is 1.28 bits per heavy atom. The summed E-state index contributed by atoms with van der Waals surface area (Å²) in [5, 5.41) is 3.83. The lowest BCUT2D eigenvalue weighted by Crippen LogP contribution is -2.23. The Kier molecular flexibility index (Phi) is 5.82. The fraction of sp³-hybridized carbons (Fsp3) is 0.692. The summed E-state index contributed by atoms with van der Waals surface area (Å²) in [5.41, 5.74) is 0.879. The van der Waals surface area contributed by atoms with Crippen LogP contribution in [0.4, 0.5) is 5.82 Å². The molecule has 102 valence electrons. The van der Waals surface area contributed by atoms with Crippen molar-refractivity contribution >= 4 is 17.4 Å². The zero-order valence-corrected chi connectivity index (χ0v) is 12.5. The average Bonchev–Trinajstić information content (AvgIpc) is 2.31. The van der Waals surface area contributed by atoms with Crippen molar-refractivity contribution in [3.05, 3.63) is 16.5 Å². The van der Waals surface area contributed by atoms with Gasteiger partial charge in [-0.05, 0) is 20.8 Å². The Hall–Kier alpha value is -0.870. The van der Waals surface area contributed by atoms with E-state index in [2.05, 4.69) is 22.2 Å². The maximum absolute atomic E-state index is 6.13. The molecule has 4 nitrogen and oxygen atoms in total. The predicted octanol–water partition coefficient (Wildman–Crippen LogP) is 3.40. The molecule has 0 saturated carbocycles. The molecule has 0 aliphatic heterocycles. The number of aromatic nitrogens is 2. The van der Waals surface area contributed by atoms with Crippen molar-refractivity contribution in [2.45, 2.75) is 46.6 Å². The SMILES string of the molecule is CCOCC(C)Nc1nc(C(C)C)nc(Cl)c1C. The van der Waals surface area contributed by atoms with Gasteiger partial charge >= 0.3 is 0 Å². The largest absolute Gasteiger partial charge is 0.380 e. The van der Waals surface area contributed by atoms with E-state index in [-0.39, 0.29) is 12.0 Å². The number of halogens is 1. The molecule has 1 aromatic heterocycles. The van der Waals surface area contributed by atoms with E-state index >= 15 is 0 Å². The second kappa shape index (κ2) is 6.90. The maximum Gasteiger partial charge on any atom is 0.137 e. The van der Waals surface area contributed by atoms with Crippen LogP contribution in [0.1, 0.15) is 45.0 Å². The highest BCUT2D eigenvalue weighted by molar-refractivity contribution is 6.30. The van der Waals surface area contributed by atoms with Gasteiger partial charge in [0.15, 0.2) is 0 Å². The number of hydrogen-bond donors (Lipinski definition) is 1. The number of hydrogen-bond acceptors (Lipinski definition) is 4. The van der Waals surface area contributed by atoms with Crippen LogP contribution in [0.2, 0.25) is 5.15 Å². The van der Waals surface area contributed by atoms with Gasteiger partial charge in [0.1, 0.15) is 16.8 Å². The Labute approximate surface area is 114 Å². The third-order valence-electron chi connectivity index (χ3n) is 2.58. The van der Waals surface area contributed by atoms with E-state index in [1.807, 2.05) is 27.7 Å². The molecule has 1 N–H and O–H groups in total. The highest BCUT2D eigenvalue weighted by Gasteiger charge is 2.13. The monoisotopic (exact) mass is 271 g/mol. The van der Waals surface area contributed by atoms with Crippen LogP contribution in [-0.2, 0) is 4.74 Å². The predicted molar refractivity (Wildman–Crippen MR) is 75.4 cm³/mol. The number of rotatable bonds is 6. The van der Waals surface area contributed by atoms with Crippen LogP contribution in [0.3, 0.4) is 0 Å². The zero-order valence-electron chi connectivity index (χ0n) is 11.7. The van der Waals surface area contributed by atoms with Crippen molar-refractivity contribution in [2.24, 2.45) is 0 Å². The number of nitrogens with one attached hydrogen (secondary N) is 1. The van der Waals surface area contributed by atoms with E-state index in [1.54, 1.807) is 0 Å². The van der Waals surface area contributed by atoms with Crippen molar-refractivity contribution in [3.8, 4) is 0 Å². The minimum atomic E-state index is 0.189. The summed E-state index contributed by atoms with van der Waals surface area (Å²) in [7, 11) is 0. The fourth-order valence-electron chi connectivity index (χ4n) is 1.47. The lowest BCUT2D eigenvalue weighted by Gasteiger charge is -2.17. The first-order valence-electron chi connectivity index (χ1n) is 6.34. The molecule has 0 fully saturated rings. The van der Waals surface area contributed by atoms with Crippen LogP contribution in [0.25, 0.3) is 0 Å². The van der Waals surface area contributed by atoms with E-state index < -0.39 is 0 Å². The molecule has 0 bridgehead atoms. The summed E-state index contributed by atoms with van der Waals surface area (Å²) < 4.78 is 5.38. The lowest BCUT2D eigenvalue weighted by atomic mass is 10.2. The zero-order chi connectivity index (χ0) is 13.7. The quantitative estimate of drug-likeness (QED) is 0.806. The molecular formula is C13H22ClN3O. The summed E-state index contributed by atoms with van der Waals surface area (Å²) in [6.45, 7) is 11.4. The van der Waals surface area contributed by atoms with Crippen molar-refractivity contribution in [2.75, 3.05) is 18.5 Å². The van der Waals surface area contributed by atoms with Gasteiger partial charge in [-0.3, -0.25) is 0 Å². The van der Waals surface area contributed by atoms with E-state index in [9.17, 15) is 0 Å². The number of nitrogens with zero attached hydrogens (tertiary/aromatic N) is 2. The minimum Gasteiger partial charge on any atom is -0.380 e. The minimum absolute atomic E-state index is 0.189. The van der Waals surface area contributed by atoms with Gasteiger partial charge in [0.2, 0.25) is 0 Å². The van der Waals surface area contributed by atoms with Gasteiger partial charge in [-0.25, -0.2) is 9.97 Å². The van der Waals surface area contributed by atoms with Crippen LogP contribution in [0.15, 0.2) is 0 Å². The molecule has 1 atom stereocenters. The second-order valence-corrected chi connectivity index (χ2v) is 5.06. The van der Waals surface area contributed by atoms with Crippen LogP contribution in [-0.4, -0.2) is 29.2 Å². The highest BCUT2D eigenvalue weighted by Crippen LogP contribution is 2.23. The molecule has 0 aliphatic rings. The normalized spacial score (nSPS) is 12.8. The molecule has 1 rings (SSSR count). The first kappa shape index (κ1) is 15.2. The molecule has 1 heterocycles. The van der Waals surface area contributed by atoms with Crippen LogP contribution < -0.4 is 5.32 Å². The summed E-state index contributed by atoms with van der Waals surface area (Å²) in [4.78, 5) is 8.80. The molecule has 0 radical (unpaired) electrons. The molecule has 0 aromatic carbocycles. The molecule has 1 aromatic rings. The van der Waals surface area contributed by atoms with Crippen LogP contribution in [0, 0.1) is 6.92 Å². The molecule has 0 aliphatic carbocycles. The van der Waals surface area contributed by atoms with E-state index in [0.29, 0.717) is 18.4 Å². The highest BCUT2D eigenvalue weighted by atomic mass is 35.5. The number of ether oxygens (including phenoxy) is 1. The van der Waals surface area contributed by atoms with Crippen molar-refractivity contribution < 1.29 is 4.74 Å². The van der Waals surface area contributed by atoms with Gasteiger partial charge in [0, 0.05) is 24.1 Å². The van der Waals surface area contributed by atoms with Crippen LogP contribution >= 0.6 is 11.6 Å². The average molecular weight is 272 g/mol. The smallest absolute Gasteiger partial charge is 0.137 e. The van der Waals surface area contributed by atoms with Crippen molar-refractivity contribution in [1.29, 1.82) is 0 Å². The molecule has 0 saturated heterocycles. The Morgan fingerprint density at radius 2 is 1.94 bits per heavy atom. The van der Waals surface area contributed by atoms with Crippen molar-refractivity contribution in [1.82, 2.24) is 9.97 Å². The van der Waals surface area contributed by atoms with Crippen LogP contribution in [0.5, 0.6) is 0 Å². The van der Waals surface area contributed by atoms with Gasteiger partial charge in [0.25, 0.3) is 0 Å². The molecule has 0 amide bonds. The summed E-state index contributed by atoms with van der Waals surface area (Å²) in [6, 6.07) is 0.189. The third kappa shape index (κ3) is 4.10. The maximum atomic E-state index is 6.13. The second-order valence-electron chi connectivity index (χ2n) is 4.71. The Morgan fingerprint density at radius 3 is 2.50 bits per heavy atom. The van der Waals surface area contributed by atoms with E-state index in [0.717, 1.165) is 17.2 Å². The van der Waals surface area contributed by atoms with Gasteiger partial charge in [-0.1, -0.05) is 25.4 Å². The van der Waals surface area contributed by atoms with Crippen molar-refractivity contribution in [3.63, 3.8) is 0 Å². The summed E-state index contributed by atoms with van der Waals surface area (Å²) >= 11 is 6.13. The lowest BCUT2D eigenvalue weighted by molar-refractivity contribution is 0.141. The Balaban J connectivity index is 2.86.